The summed E-state index contributed by atoms with van der Waals surface area (Å²) in [5, 5.41) is 12.9. The first-order valence-electron chi connectivity index (χ1n) is 9.05. The Morgan fingerprint density at radius 3 is 1.84 bits per heavy atom. The van der Waals surface area contributed by atoms with Gasteiger partial charge in [0.25, 0.3) is 0 Å². The average molecular weight is 439 g/mol. The molecule has 0 radical (unpaired) electrons. The Hall–Kier alpha value is -3.48. The highest BCUT2D eigenvalue weighted by molar-refractivity contribution is 7.45. The molecule has 6 N–H and O–H groups in total. The second kappa shape index (κ2) is 11.1. The topological polar surface area (TPSA) is 141 Å². The van der Waals surface area contributed by atoms with Crippen molar-refractivity contribution in [1.82, 2.24) is 0 Å². The van der Waals surface area contributed by atoms with Gasteiger partial charge in [-0.2, -0.15) is 0 Å². The van der Waals surface area contributed by atoms with Crippen LogP contribution in [0.25, 0.3) is 33.0 Å². The first-order chi connectivity index (χ1) is 14.8. The van der Waals surface area contributed by atoms with Crippen molar-refractivity contribution in [3.63, 3.8) is 0 Å². The van der Waals surface area contributed by atoms with Crippen molar-refractivity contribution in [2.75, 3.05) is 0 Å². The number of phosphoric acid groups is 1. The molecular weight excluding hydrogens is 417 g/mol. The molecule has 8 heteroatoms. The van der Waals surface area contributed by atoms with E-state index in [0.29, 0.717) is 5.75 Å². The number of rotatable bonds is 2. The van der Waals surface area contributed by atoms with Gasteiger partial charge in [-0.25, -0.2) is 4.57 Å². The van der Waals surface area contributed by atoms with E-state index in [0.717, 1.165) is 27.6 Å². The molecule has 0 atom stereocenters. The van der Waals surface area contributed by atoms with Crippen LogP contribution in [0.1, 0.15) is 0 Å². The normalized spacial score (nSPS) is 10.3. The van der Waals surface area contributed by atoms with Crippen molar-refractivity contribution < 1.29 is 29.1 Å². The third-order valence-corrected chi connectivity index (χ3v) is 4.19. The van der Waals surface area contributed by atoms with Crippen LogP contribution in [0.15, 0.2) is 91.0 Å². The summed E-state index contributed by atoms with van der Waals surface area (Å²) < 4.78 is 8.88. The molecule has 0 fully saturated rings. The van der Waals surface area contributed by atoms with Gasteiger partial charge in [0.15, 0.2) is 0 Å². The Morgan fingerprint density at radius 2 is 1.19 bits per heavy atom. The van der Waals surface area contributed by atoms with Gasteiger partial charge in [-0.1, -0.05) is 84.9 Å². The lowest BCUT2D eigenvalue weighted by Crippen LogP contribution is -1.87. The molecule has 4 aromatic carbocycles. The molecule has 4 rings (SSSR count). The second-order valence-electron chi connectivity index (χ2n) is 6.24. The minimum Gasteiger partial charge on any atom is -0.507 e. The molecule has 0 saturated carbocycles. The average Bonchev–Trinajstić information content (AvgIpc) is 2.73. The number of hydrogen-bond acceptors (Lipinski definition) is 3. The Kier molecular flexibility index (Phi) is 8.49. The standard InChI is InChI=1S/C22H16O.CH3NO.H3O4P/c23-21-15-7-13-19(17-8-2-1-3-9-17)22(21)20-14-6-11-16-10-4-5-12-18(16)20;2-1-3;1-5(2,3)4/h1-15,23H;1H,(H2,2,3);(H3,1,2,3,4). The predicted molar refractivity (Wildman–Crippen MR) is 121 cm³/mol. The molecule has 160 valence electrons. The fourth-order valence-corrected chi connectivity index (χ4v) is 3.12. The SMILES string of the molecule is NC=O.O=P(O)(O)O.Oc1cccc(-c2ccccc2)c1-c1cccc2ccccc12. The molecular formula is C23H22NO6P. The molecule has 0 aromatic heterocycles. The summed E-state index contributed by atoms with van der Waals surface area (Å²) >= 11 is 0. The zero-order valence-electron chi connectivity index (χ0n) is 16.4. The van der Waals surface area contributed by atoms with Crippen LogP contribution in [0, 0.1) is 0 Å². The maximum atomic E-state index is 10.6. The molecule has 1 amide bonds. The fourth-order valence-electron chi connectivity index (χ4n) is 3.12. The van der Waals surface area contributed by atoms with E-state index < -0.39 is 7.82 Å². The molecule has 0 heterocycles. The summed E-state index contributed by atoms with van der Waals surface area (Å²) in [6, 6.07) is 30.4. The van der Waals surface area contributed by atoms with Crippen LogP contribution in [0.3, 0.4) is 0 Å². The summed E-state index contributed by atoms with van der Waals surface area (Å²) in [4.78, 5) is 30.1. The number of carbonyl (C=O) groups is 1. The van der Waals surface area contributed by atoms with E-state index in [9.17, 15) is 5.11 Å². The Labute approximate surface area is 179 Å². The first kappa shape index (κ1) is 23.8. The molecule has 0 saturated heterocycles. The zero-order valence-corrected chi connectivity index (χ0v) is 17.3. The van der Waals surface area contributed by atoms with E-state index in [1.165, 1.54) is 5.39 Å². The lowest BCUT2D eigenvalue weighted by molar-refractivity contribution is -0.106. The van der Waals surface area contributed by atoms with Gasteiger partial charge < -0.3 is 25.5 Å². The Morgan fingerprint density at radius 1 is 0.710 bits per heavy atom. The summed E-state index contributed by atoms with van der Waals surface area (Å²) in [5.41, 5.74) is 8.25. The van der Waals surface area contributed by atoms with Crippen molar-refractivity contribution in [2.45, 2.75) is 0 Å². The number of aromatic hydroxyl groups is 1. The number of primary amides is 1. The van der Waals surface area contributed by atoms with Crippen molar-refractivity contribution in [2.24, 2.45) is 5.73 Å². The first-order valence-corrected chi connectivity index (χ1v) is 10.6. The van der Waals surface area contributed by atoms with Crippen molar-refractivity contribution in [3.05, 3.63) is 91.0 Å². The van der Waals surface area contributed by atoms with Crippen LogP contribution in [0.2, 0.25) is 0 Å². The van der Waals surface area contributed by atoms with Gasteiger partial charge in [-0.15, -0.1) is 0 Å². The number of amides is 1. The van der Waals surface area contributed by atoms with E-state index in [2.05, 4.69) is 48.2 Å². The maximum absolute atomic E-state index is 10.6. The van der Waals surface area contributed by atoms with Crippen molar-refractivity contribution >= 4 is 25.0 Å². The molecule has 0 aliphatic carbocycles. The molecule has 0 bridgehead atoms. The van der Waals surface area contributed by atoms with E-state index >= 15 is 0 Å². The Bertz CT molecular complexity index is 1180. The van der Waals surface area contributed by atoms with Crippen LogP contribution in [0.5, 0.6) is 5.75 Å². The summed E-state index contributed by atoms with van der Waals surface area (Å²) in [5.74, 6) is 0.308. The summed E-state index contributed by atoms with van der Waals surface area (Å²) in [6.45, 7) is 0. The molecule has 0 spiro atoms. The predicted octanol–water partition coefficient (Wildman–Crippen LogP) is 4.05. The van der Waals surface area contributed by atoms with Gasteiger partial charge in [-0.05, 0) is 33.5 Å². The van der Waals surface area contributed by atoms with Gasteiger partial charge in [0.05, 0.1) is 0 Å². The molecule has 0 aliphatic rings. The number of benzene rings is 4. The van der Waals surface area contributed by atoms with E-state index in [4.69, 9.17) is 24.0 Å². The minimum absolute atomic E-state index is 0.250. The highest BCUT2D eigenvalue weighted by Crippen LogP contribution is 2.41. The monoisotopic (exact) mass is 439 g/mol. The minimum atomic E-state index is -4.64. The van der Waals surface area contributed by atoms with Gasteiger partial charge in [0.1, 0.15) is 5.75 Å². The molecule has 0 unspecified atom stereocenters. The number of nitrogens with two attached hydrogens (primary N) is 1. The summed E-state index contributed by atoms with van der Waals surface area (Å²) in [7, 11) is -4.64. The van der Waals surface area contributed by atoms with Crippen molar-refractivity contribution in [3.8, 4) is 28.0 Å². The quantitative estimate of drug-likeness (QED) is 0.236. The zero-order chi connectivity index (χ0) is 22.9. The number of fused-ring (bicyclic) bond motifs is 1. The smallest absolute Gasteiger partial charge is 0.466 e. The second-order valence-corrected chi connectivity index (χ2v) is 7.27. The maximum Gasteiger partial charge on any atom is 0.466 e. The number of hydrogen-bond donors (Lipinski definition) is 5. The summed E-state index contributed by atoms with van der Waals surface area (Å²) in [6.07, 6.45) is 0.250. The van der Waals surface area contributed by atoms with Crippen molar-refractivity contribution in [1.29, 1.82) is 0 Å². The van der Waals surface area contributed by atoms with E-state index in [1.807, 2.05) is 42.5 Å². The number of carbonyl (C=O) groups excluding carboxylic acids is 1. The van der Waals surface area contributed by atoms with Crippen LogP contribution >= 0.6 is 7.82 Å². The van der Waals surface area contributed by atoms with Gasteiger partial charge >= 0.3 is 7.82 Å². The van der Waals surface area contributed by atoms with Gasteiger partial charge in [0.2, 0.25) is 6.41 Å². The highest BCUT2D eigenvalue weighted by Gasteiger charge is 2.14. The van der Waals surface area contributed by atoms with Crippen LogP contribution < -0.4 is 5.73 Å². The molecule has 4 aromatic rings. The van der Waals surface area contributed by atoms with Crippen LogP contribution in [-0.4, -0.2) is 26.2 Å². The molecule has 31 heavy (non-hydrogen) atoms. The highest BCUT2D eigenvalue weighted by atomic mass is 31.2. The third kappa shape index (κ3) is 7.06. The molecule has 7 nitrogen and oxygen atoms in total. The largest absolute Gasteiger partial charge is 0.507 e. The lowest BCUT2D eigenvalue weighted by Gasteiger charge is -2.14. The molecule has 0 aliphatic heterocycles. The lowest BCUT2D eigenvalue weighted by atomic mass is 9.91. The fraction of sp³-hybridized carbons (Fsp3) is 0. The van der Waals surface area contributed by atoms with Gasteiger partial charge in [-0.3, -0.25) is 4.79 Å². The van der Waals surface area contributed by atoms with Gasteiger partial charge in [0, 0.05) is 5.56 Å². The van der Waals surface area contributed by atoms with Crippen LogP contribution in [0.4, 0.5) is 0 Å². The Balaban J connectivity index is 0.000000371. The van der Waals surface area contributed by atoms with E-state index in [-0.39, 0.29) is 6.41 Å². The van der Waals surface area contributed by atoms with Crippen LogP contribution in [-0.2, 0) is 9.36 Å². The number of phenols is 1. The third-order valence-electron chi connectivity index (χ3n) is 4.19. The number of phenolic OH excluding ortho intramolecular Hbond substituents is 1. The van der Waals surface area contributed by atoms with E-state index in [1.54, 1.807) is 6.07 Å².